The molecule has 0 atom stereocenters. The minimum atomic E-state index is 0.107. The molecule has 126 valence electrons. The summed E-state index contributed by atoms with van der Waals surface area (Å²) in [6.07, 6.45) is 0. The van der Waals surface area contributed by atoms with E-state index in [2.05, 4.69) is 46.0 Å². The maximum atomic E-state index is 5.47. The summed E-state index contributed by atoms with van der Waals surface area (Å²) in [5, 5.41) is 1.25. The molecule has 0 radical (unpaired) electrons. The second-order valence-electron chi connectivity index (χ2n) is 5.23. The average molecular weight is 455 g/mol. The Bertz CT molecular complexity index is 866. The number of hydrogen-bond donors (Lipinski definition) is 1. The Morgan fingerprint density at radius 2 is 1.62 bits per heavy atom. The minimum absolute atomic E-state index is 0.107. The first-order valence-electron chi connectivity index (χ1n) is 7.33. The van der Waals surface area contributed by atoms with Crippen molar-refractivity contribution in [1.82, 2.24) is 4.98 Å². The van der Waals surface area contributed by atoms with Gasteiger partial charge in [0.25, 0.3) is 0 Å². The Morgan fingerprint density at radius 1 is 0.958 bits per heavy atom. The molecule has 0 bridgehead atoms. The van der Waals surface area contributed by atoms with Gasteiger partial charge in [0.05, 0.1) is 0 Å². The Kier molecular flexibility index (Phi) is 5.09. The number of methoxy groups -OCH3 is 3. The third-order valence-electron chi connectivity index (χ3n) is 3.75. The molecule has 0 amide bonds. The van der Waals surface area contributed by atoms with Crippen molar-refractivity contribution in [2.75, 3.05) is 21.3 Å². The van der Waals surface area contributed by atoms with Crippen molar-refractivity contribution in [1.29, 1.82) is 0 Å². The van der Waals surface area contributed by atoms with Gasteiger partial charge in [-0.2, -0.15) is 0 Å². The molecule has 1 heterocycles. The molecule has 0 aliphatic heterocycles. The second-order valence-corrected chi connectivity index (χ2v) is 8.42. The van der Waals surface area contributed by atoms with Crippen LogP contribution in [0, 0.1) is 6.92 Å². The van der Waals surface area contributed by atoms with E-state index in [9.17, 15) is 0 Å². The van der Waals surface area contributed by atoms with Crippen LogP contribution in [-0.4, -0.2) is 41.3 Å². The molecule has 1 aromatic heterocycles. The van der Waals surface area contributed by atoms with Crippen molar-refractivity contribution in [3.63, 3.8) is 0 Å². The van der Waals surface area contributed by atoms with E-state index >= 15 is 0 Å². The van der Waals surface area contributed by atoms with Gasteiger partial charge in [-0.3, -0.25) is 0 Å². The molecule has 0 aliphatic rings. The Balaban J connectivity index is 2.08. The van der Waals surface area contributed by atoms with E-state index < -0.39 is 0 Å². The van der Waals surface area contributed by atoms with Gasteiger partial charge >= 0.3 is 156 Å². The summed E-state index contributed by atoms with van der Waals surface area (Å²) in [6.45, 7) is 2.11. The van der Waals surface area contributed by atoms with Gasteiger partial charge in [-0.25, -0.2) is 0 Å². The predicted molar refractivity (Wildman–Crippen MR) is 102 cm³/mol. The fraction of sp³-hybridized carbons (Fsp3) is 0.222. The third-order valence-corrected chi connectivity index (χ3v) is 6.76. The molecule has 0 saturated carbocycles. The Labute approximate surface area is 155 Å². The zero-order valence-electron chi connectivity index (χ0n) is 13.9. The van der Waals surface area contributed by atoms with Gasteiger partial charge in [0.2, 0.25) is 0 Å². The molecule has 24 heavy (non-hydrogen) atoms. The maximum absolute atomic E-state index is 5.47. The average Bonchev–Trinajstić information content (AvgIpc) is 2.89. The molecule has 4 nitrogen and oxygen atoms in total. The van der Waals surface area contributed by atoms with Crippen LogP contribution in [0.15, 0.2) is 34.8 Å². The number of ether oxygens (including phenoxy) is 3. The molecule has 0 saturated heterocycles. The molecule has 3 rings (SSSR count). The number of nitrogens with one attached hydrogen (secondary N) is 1. The molecular formula is C18H18BrNO3Se. The van der Waals surface area contributed by atoms with Gasteiger partial charge in [-0.15, -0.1) is 0 Å². The van der Waals surface area contributed by atoms with Crippen LogP contribution in [0.2, 0.25) is 0 Å². The summed E-state index contributed by atoms with van der Waals surface area (Å²) < 4.78 is 19.9. The molecule has 0 aliphatic carbocycles. The molecule has 0 spiro atoms. The topological polar surface area (TPSA) is 43.5 Å². The SMILES string of the molecule is COc1cc([Se]c2c(C)[nH]c3ccc(Br)cc23)cc(OC)c1OC. The van der Waals surface area contributed by atoms with Crippen LogP contribution in [0.1, 0.15) is 5.69 Å². The zero-order chi connectivity index (χ0) is 17.3. The first-order chi connectivity index (χ1) is 11.6. The number of aromatic nitrogens is 1. The van der Waals surface area contributed by atoms with Crippen LogP contribution < -0.4 is 23.1 Å². The van der Waals surface area contributed by atoms with Crippen LogP contribution in [0.4, 0.5) is 0 Å². The molecule has 0 fully saturated rings. The van der Waals surface area contributed by atoms with Crippen molar-refractivity contribution in [3.05, 3.63) is 40.5 Å². The van der Waals surface area contributed by atoms with Crippen LogP contribution in [0.3, 0.4) is 0 Å². The van der Waals surface area contributed by atoms with Gasteiger partial charge in [0.15, 0.2) is 0 Å². The summed E-state index contributed by atoms with van der Waals surface area (Å²) in [5.41, 5.74) is 2.34. The van der Waals surface area contributed by atoms with E-state index in [4.69, 9.17) is 14.2 Å². The molecule has 3 aromatic rings. The molecule has 2 aromatic carbocycles. The Morgan fingerprint density at radius 3 is 2.21 bits per heavy atom. The van der Waals surface area contributed by atoms with Crippen molar-refractivity contribution < 1.29 is 14.2 Å². The van der Waals surface area contributed by atoms with Crippen LogP contribution in [0.5, 0.6) is 17.2 Å². The molecule has 0 unspecified atom stereocenters. The molecular weight excluding hydrogens is 437 g/mol. The third kappa shape index (κ3) is 3.14. The van der Waals surface area contributed by atoms with Gasteiger partial charge in [0.1, 0.15) is 0 Å². The quantitative estimate of drug-likeness (QED) is 0.602. The zero-order valence-corrected chi connectivity index (χ0v) is 17.2. The first kappa shape index (κ1) is 17.2. The number of halogens is 1. The second kappa shape index (κ2) is 7.09. The van der Waals surface area contributed by atoms with Gasteiger partial charge in [-0.1, -0.05) is 0 Å². The monoisotopic (exact) mass is 455 g/mol. The summed E-state index contributed by atoms with van der Waals surface area (Å²) in [4.78, 5) is 3.46. The van der Waals surface area contributed by atoms with Crippen molar-refractivity contribution >= 4 is 50.7 Å². The van der Waals surface area contributed by atoms with Crippen molar-refractivity contribution in [2.24, 2.45) is 0 Å². The van der Waals surface area contributed by atoms with Gasteiger partial charge in [0, 0.05) is 0 Å². The van der Waals surface area contributed by atoms with Crippen LogP contribution >= 0.6 is 15.9 Å². The Hall–Kier alpha value is -1.62. The van der Waals surface area contributed by atoms with E-state index in [0.29, 0.717) is 17.2 Å². The number of hydrogen-bond acceptors (Lipinski definition) is 3. The van der Waals surface area contributed by atoms with Crippen molar-refractivity contribution in [2.45, 2.75) is 6.92 Å². The van der Waals surface area contributed by atoms with Gasteiger partial charge < -0.3 is 0 Å². The molecule has 1 N–H and O–H groups in total. The number of aryl methyl sites for hydroxylation is 1. The standard InChI is InChI=1S/C18H18BrNO3Se/c1-10-18(13-7-11(19)5-6-14(13)20-10)24-12-8-15(21-2)17(23-4)16(9-12)22-3/h5-9,20H,1-4H3. The molecule has 6 heteroatoms. The van der Waals surface area contributed by atoms with E-state index in [0.717, 1.165) is 9.99 Å². The van der Waals surface area contributed by atoms with E-state index in [1.165, 1.54) is 20.0 Å². The van der Waals surface area contributed by atoms with E-state index in [1.807, 2.05) is 12.1 Å². The number of rotatable bonds is 5. The normalized spacial score (nSPS) is 10.9. The summed E-state index contributed by atoms with van der Waals surface area (Å²) in [5.74, 6) is 2.00. The summed E-state index contributed by atoms with van der Waals surface area (Å²) in [6, 6.07) is 10.4. The number of benzene rings is 2. The number of aromatic amines is 1. The first-order valence-corrected chi connectivity index (χ1v) is 9.83. The summed E-state index contributed by atoms with van der Waals surface area (Å²) in [7, 11) is 4.90. The predicted octanol–water partition coefficient (Wildman–Crippen LogP) is 2.92. The fourth-order valence-electron chi connectivity index (χ4n) is 2.64. The van der Waals surface area contributed by atoms with E-state index in [1.54, 1.807) is 21.3 Å². The fourth-order valence-corrected chi connectivity index (χ4v) is 5.20. The van der Waals surface area contributed by atoms with Crippen molar-refractivity contribution in [3.8, 4) is 17.2 Å². The van der Waals surface area contributed by atoms with Crippen LogP contribution in [0.25, 0.3) is 10.9 Å². The van der Waals surface area contributed by atoms with Crippen LogP contribution in [-0.2, 0) is 0 Å². The number of fused-ring (bicyclic) bond motifs is 1. The summed E-state index contributed by atoms with van der Waals surface area (Å²) >= 11 is 3.67. The van der Waals surface area contributed by atoms with Gasteiger partial charge in [-0.05, 0) is 0 Å². The number of H-pyrrole nitrogens is 1. The van der Waals surface area contributed by atoms with E-state index in [-0.39, 0.29) is 15.0 Å².